The van der Waals surface area contributed by atoms with Crippen molar-refractivity contribution in [2.75, 3.05) is 6.61 Å². The molecule has 0 spiro atoms. The van der Waals surface area contributed by atoms with Gasteiger partial charge in [-0.3, -0.25) is 9.36 Å². The highest BCUT2D eigenvalue weighted by Crippen LogP contribution is 2.10. The van der Waals surface area contributed by atoms with Crippen LogP contribution in [0.3, 0.4) is 0 Å². The second kappa shape index (κ2) is 4.44. The van der Waals surface area contributed by atoms with Crippen molar-refractivity contribution in [3.63, 3.8) is 0 Å². The zero-order valence-electron chi connectivity index (χ0n) is 8.77. The highest BCUT2D eigenvalue weighted by Gasteiger charge is 2.09. The van der Waals surface area contributed by atoms with Crippen LogP contribution in [-0.2, 0) is 16.1 Å². The molecule has 2 rings (SSSR count). The maximum Gasteiger partial charge on any atom is 0.326 e. The van der Waals surface area contributed by atoms with Gasteiger partial charge in [0.05, 0.1) is 12.1 Å². The van der Waals surface area contributed by atoms with Crippen molar-refractivity contribution in [2.45, 2.75) is 13.5 Å². The molecular weight excluding hydrogens is 226 g/mol. The van der Waals surface area contributed by atoms with Gasteiger partial charge in [-0.15, -0.1) is 0 Å². The maximum atomic E-state index is 11.4. The van der Waals surface area contributed by atoms with Gasteiger partial charge in [0.2, 0.25) is 0 Å². The standard InChI is InChI=1S/C10H11N3O2S/c1-2-15-8(14)6-13-9-7(12-10(13)16)4-3-5-11-9/h3-5H,2,6H2,1H3,(H,12,16). The van der Waals surface area contributed by atoms with E-state index in [4.69, 9.17) is 17.0 Å². The summed E-state index contributed by atoms with van der Waals surface area (Å²) in [6.07, 6.45) is 1.66. The predicted octanol–water partition coefficient (Wildman–Crippen LogP) is 1.66. The van der Waals surface area contributed by atoms with Crippen LogP contribution in [0.15, 0.2) is 18.3 Å². The predicted molar refractivity (Wildman–Crippen MR) is 61.6 cm³/mol. The molecule has 2 aromatic heterocycles. The van der Waals surface area contributed by atoms with Gasteiger partial charge in [0.25, 0.3) is 0 Å². The molecule has 6 heteroatoms. The Kier molecular flexibility index (Phi) is 3.00. The Morgan fingerprint density at radius 1 is 1.69 bits per heavy atom. The lowest BCUT2D eigenvalue weighted by molar-refractivity contribution is -0.143. The number of hydrogen-bond acceptors (Lipinski definition) is 4. The number of esters is 1. The molecule has 0 aliphatic rings. The van der Waals surface area contributed by atoms with Crippen LogP contribution in [0.25, 0.3) is 11.2 Å². The summed E-state index contributed by atoms with van der Waals surface area (Å²) < 4.78 is 6.97. The third-order valence-corrected chi connectivity index (χ3v) is 2.44. The van der Waals surface area contributed by atoms with E-state index in [0.29, 0.717) is 17.0 Å². The summed E-state index contributed by atoms with van der Waals surface area (Å²) in [5.74, 6) is -0.315. The largest absolute Gasteiger partial charge is 0.465 e. The van der Waals surface area contributed by atoms with Crippen molar-refractivity contribution in [2.24, 2.45) is 0 Å². The van der Waals surface area contributed by atoms with Crippen LogP contribution >= 0.6 is 12.2 Å². The number of fused-ring (bicyclic) bond motifs is 1. The van der Waals surface area contributed by atoms with Crippen LogP contribution in [0.5, 0.6) is 0 Å². The number of hydrogen-bond donors (Lipinski definition) is 1. The first-order chi connectivity index (χ1) is 7.72. The molecule has 0 aromatic carbocycles. The second-order valence-electron chi connectivity index (χ2n) is 3.20. The lowest BCUT2D eigenvalue weighted by atomic mass is 10.4. The summed E-state index contributed by atoms with van der Waals surface area (Å²) in [5.41, 5.74) is 1.48. The molecule has 2 aromatic rings. The first-order valence-electron chi connectivity index (χ1n) is 4.91. The second-order valence-corrected chi connectivity index (χ2v) is 3.58. The van der Waals surface area contributed by atoms with Crippen LogP contribution in [0.4, 0.5) is 0 Å². The number of nitrogens with zero attached hydrogens (tertiary/aromatic N) is 2. The number of carbonyl (C=O) groups excluding carboxylic acids is 1. The molecule has 0 aliphatic carbocycles. The fourth-order valence-electron chi connectivity index (χ4n) is 1.47. The zero-order valence-corrected chi connectivity index (χ0v) is 9.58. The minimum absolute atomic E-state index is 0.0870. The Bertz CT molecular complexity index is 573. The lowest BCUT2D eigenvalue weighted by Gasteiger charge is -2.03. The van der Waals surface area contributed by atoms with Crippen molar-refractivity contribution < 1.29 is 9.53 Å². The smallest absolute Gasteiger partial charge is 0.326 e. The van der Waals surface area contributed by atoms with E-state index in [0.717, 1.165) is 5.52 Å². The molecule has 0 fully saturated rings. The fourth-order valence-corrected chi connectivity index (χ4v) is 1.73. The van der Waals surface area contributed by atoms with Crippen molar-refractivity contribution in [3.8, 4) is 0 Å². The van der Waals surface area contributed by atoms with Gasteiger partial charge < -0.3 is 9.72 Å². The van der Waals surface area contributed by atoms with Crippen LogP contribution in [0, 0.1) is 4.77 Å². The zero-order chi connectivity index (χ0) is 11.5. The van der Waals surface area contributed by atoms with Gasteiger partial charge in [-0.2, -0.15) is 0 Å². The molecule has 5 nitrogen and oxygen atoms in total. The van der Waals surface area contributed by atoms with Crippen LogP contribution in [0.1, 0.15) is 6.92 Å². The summed E-state index contributed by atoms with van der Waals surface area (Å²) in [5, 5.41) is 0. The van der Waals surface area contributed by atoms with Gasteiger partial charge in [-0.25, -0.2) is 4.98 Å². The number of ether oxygens (including phenoxy) is 1. The van der Waals surface area contributed by atoms with Gasteiger partial charge in [0, 0.05) is 6.20 Å². The molecule has 0 saturated carbocycles. The summed E-state index contributed by atoms with van der Waals surface area (Å²) >= 11 is 5.12. The van der Waals surface area contributed by atoms with Crippen molar-refractivity contribution in [1.82, 2.24) is 14.5 Å². The molecule has 0 saturated heterocycles. The number of carbonyl (C=O) groups is 1. The summed E-state index contributed by atoms with van der Waals surface area (Å²) in [6.45, 7) is 2.22. The van der Waals surface area contributed by atoms with Gasteiger partial charge in [0.15, 0.2) is 10.4 Å². The first kappa shape index (κ1) is 10.8. The van der Waals surface area contributed by atoms with Gasteiger partial charge in [-0.05, 0) is 31.3 Å². The number of pyridine rings is 1. The molecular formula is C10H11N3O2S. The van der Waals surface area contributed by atoms with E-state index < -0.39 is 0 Å². The van der Waals surface area contributed by atoms with Crippen LogP contribution < -0.4 is 0 Å². The fraction of sp³-hybridized carbons (Fsp3) is 0.300. The monoisotopic (exact) mass is 237 g/mol. The van der Waals surface area contributed by atoms with Crippen LogP contribution in [0.2, 0.25) is 0 Å². The average Bonchev–Trinajstić information content (AvgIpc) is 2.56. The molecule has 16 heavy (non-hydrogen) atoms. The number of imidazole rings is 1. The minimum atomic E-state index is -0.315. The third-order valence-electron chi connectivity index (χ3n) is 2.12. The molecule has 0 atom stereocenters. The van der Waals surface area contributed by atoms with Gasteiger partial charge in [0.1, 0.15) is 6.54 Å². The van der Waals surface area contributed by atoms with Crippen molar-refractivity contribution in [3.05, 3.63) is 23.1 Å². The van der Waals surface area contributed by atoms with E-state index in [1.54, 1.807) is 17.7 Å². The quantitative estimate of drug-likeness (QED) is 0.651. The molecule has 0 unspecified atom stereocenters. The van der Waals surface area contributed by atoms with Gasteiger partial charge in [-0.1, -0.05) is 0 Å². The first-order valence-corrected chi connectivity index (χ1v) is 5.32. The Morgan fingerprint density at radius 3 is 3.25 bits per heavy atom. The molecule has 0 radical (unpaired) electrons. The number of rotatable bonds is 3. The third kappa shape index (κ3) is 1.96. The summed E-state index contributed by atoms with van der Waals surface area (Å²) in [6, 6.07) is 3.67. The molecule has 0 bridgehead atoms. The SMILES string of the molecule is CCOC(=O)Cn1c(=S)[nH]c2cccnc21. The van der Waals surface area contributed by atoms with Crippen molar-refractivity contribution >= 4 is 29.4 Å². The number of aromatic amines is 1. The Hall–Kier alpha value is -1.69. The summed E-state index contributed by atoms with van der Waals surface area (Å²) in [7, 11) is 0. The Balaban J connectivity index is 2.40. The Labute approximate surface area is 97.1 Å². The maximum absolute atomic E-state index is 11.4. The van der Waals surface area contributed by atoms with E-state index in [1.165, 1.54) is 0 Å². The number of H-pyrrole nitrogens is 1. The topological polar surface area (TPSA) is 59.9 Å². The summed E-state index contributed by atoms with van der Waals surface area (Å²) in [4.78, 5) is 18.5. The number of nitrogens with one attached hydrogen (secondary N) is 1. The van der Waals surface area contributed by atoms with Gasteiger partial charge >= 0.3 is 5.97 Å². The molecule has 84 valence electrons. The molecule has 2 heterocycles. The molecule has 0 aliphatic heterocycles. The molecule has 1 N–H and O–H groups in total. The van der Waals surface area contributed by atoms with E-state index in [-0.39, 0.29) is 12.5 Å². The number of aromatic nitrogens is 3. The highest BCUT2D eigenvalue weighted by molar-refractivity contribution is 7.71. The average molecular weight is 237 g/mol. The minimum Gasteiger partial charge on any atom is -0.465 e. The molecule has 0 amide bonds. The van der Waals surface area contributed by atoms with Crippen molar-refractivity contribution in [1.29, 1.82) is 0 Å². The van der Waals surface area contributed by atoms with E-state index >= 15 is 0 Å². The van der Waals surface area contributed by atoms with E-state index in [9.17, 15) is 4.79 Å². The van der Waals surface area contributed by atoms with Crippen LogP contribution in [-0.4, -0.2) is 27.1 Å². The van der Waals surface area contributed by atoms with E-state index in [1.807, 2.05) is 12.1 Å². The normalized spacial score (nSPS) is 10.6. The highest BCUT2D eigenvalue weighted by atomic mass is 32.1. The lowest BCUT2D eigenvalue weighted by Crippen LogP contribution is -2.13. The Morgan fingerprint density at radius 2 is 2.50 bits per heavy atom. The van der Waals surface area contributed by atoms with E-state index in [2.05, 4.69) is 9.97 Å².